The Hall–Kier alpha value is -1.39. The first-order valence-corrected chi connectivity index (χ1v) is 7.36. The van der Waals surface area contributed by atoms with Crippen LogP contribution in [0.25, 0.3) is 0 Å². The molecule has 1 N–H and O–H groups in total. The maximum absolute atomic E-state index is 11.8. The second-order valence-electron chi connectivity index (χ2n) is 6.34. The fraction of sp³-hybridized carbons (Fsp3) is 0.588. The number of ether oxygens (including phenoxy) is 2. The molecule has 2 atom stereocenters. The summed E-state index contributed by atoms with van der Waals surface area (Å²) >= 11 is 0. The second kappa shape index (κ2) is 6.16. The van der Waals surface area contributed by atoms with Gasteiger partial charge in [-0.3, -0.25) is 4.79 Å². The summed E-state index contributed by atoms with van der Waals surface area (Å²) in [5.41, 5.74) is -0.741. The van der Waals surface area contributed by atoms with Crippen LogP contribution in [0.4, 0.5) is 0 Å². The zero-order chi connectivity index (χ0) is 15.5. The SMILES string of the molecule is COC(=O)C[C@](O)(c1ccccc1)[C@@H]1CCOC(C)(C)C1. The summed E-state index contributed by atoms with van der Waals surface area (Å²) in [6.07, 6.45) is 1.40. The molecule has 1 fully saturated rings. The van der Waals surface area contributed by atoms with E-state index >= 15 is 0 Å². The van der Waals surface area contributed by atoms with Crippen molar-refractivity contribution >= 4 is 5.97 Å². The molecule has 0 radical (unpaired) electrons. The van der Waals surface area contributed by atoms with Crippen molar-refractivity contribution in [2.75, 3.05) is 13.7 Å². The van der Waals surface area contributed by atoms with Gasteiger partial charge in [-0.05, 0) is 38.2 Å². The van der Waals surface area contributed by atoms with Crippen LogP contribution in [0.15, 0.2) is 30.3 Å². The van der Waals surface area contributed by atoms with E-state index in [4.69, 9.17) is 9.47 Å². The van der Waals surface area contributed by atoms with Gasteiger partial charge in [-0.25, -0.2) is 0 Å². The maximum atomic E-state index is 11.8. The van der Waals surface area contributed by atoms with Crippen molar-refractivity contribution in [2.24, 2.45) is 5.92 Å². The Bertz CT molecular complexity index is 483. The topological polar surface area (TPSA) is 55.8 Å². The molecular weight excluding hydrogens is 268 g/mol. The molecule has 4 heteroatoms. The first-order valence-electron chi connectivity index (χ1n) is 7.36. The summed E-state index contributed by atoms with van der Waals surface area (Å²) in [6.45, 7) is 4.62. The molecule has 1 aliphatic rings. The molecule has 0 saturated carbocycles. The largest absolute Gasteiger partial charge is 0.469 e. The lowest BCUT2D eigenvalue weighted by molar-refractivity contribution is -0.160. The maximum Gasteiger partial charge on any atom is 0.308 e. The van der Waals surface area contributed by atoms with E-state index in [9.17, 15) is 9.90 Å². The third kappa shape index (κ3) is 3.63. The number of benzene rings is 1. The summed E-state index contributed by atoms with van der Waals surface area (Å²) < 4.78 is 10.5. The first-order chi connectivity index (χ1) is 9.87. The van der Waals surface area contributed by atoms with Crippen LogP contribution in [0.3, 0.4) is 0 Å². The molecule has 1 heterocycles. The Morgan fingerprint density at radius 2 is 2.10 bits per heavy atom. The summed E-state index contributed by atoms with van der Waals surface area (Å²) in [4.78, 5) is 11.8. The molecule has 116 valence electrons. The Kier molecular flexibility index (Phi) is 4.69. The van der Waals surface area contributed by atoms with Gasteiger partial charge in [-0.1, -0.05) is 30.3 Å². The van der Waals surface area contributed by atoms with Gasteiger partial charge in [0.2, 0.25) is 0 Å². The van der Waals surface area contributed by atoms with Crippen LogP contribution in [0.5, 0.6) is 0 Å². The lowest BCUT2D eigenvalue weighted by atomic mass is 9.71. The zero-order valence-electron chi connectivity index (χ0n) is 13.0. The minimum Gasteiger partial charge on any atom is -0.469 e. The third-order valence-corrected chi connectivity index (χ3v) is 4.29. The van der Waals surface area contributed by atoms with Crippen LogP contribution < -0.4 is 0 Å². The molecule has 0 bridgehead atoms. The summed E-state index contributed by atoms with van der Waals surface area (Å²) in [6, 6.07) is 9.39. The summed E-state index contributed by atoms with van der Waals surface area (Å²) in [7, 11) is 1.35. The normalized spacial score (nSPS) is 24.1. The number of esters is 1. The highest BCUT2D eigenvalue weighted by atomic mass is 16.5. The fourth-order valence-corrected chi connectivity index (χ4v) is 3.14. The van der Waals surface area contributed by atoms with Crippen molar-refractivity contribution in [1.29, 1.82) is 0 Å². The summed E-state index contributed by atoms with van der Waals surface area (Å²) in [5.74, 6) is -0.437. The number of aliphatic hydroxyl groups is 1. The monoisotopic (exact) mass is 292 g/mol. The highest BCUT2D eigenvalue weighted by Gasteiger charge is 2.45. The predicted molar refractivity (Wildman–Crippen MR) is 79.7 cm³/mol. The lowest BCUT2D eigenvalue weighted by Crippen LogP contribution is -2.45. The highest BCUT2D eigenvalue weighted by molar-refractivity contribution is 5.71. The molecule has 0 aromatic heterocycles. The van der Waals surface area contributed by atoms with Gasteiger partial charge in [0.25, 0.3) is 0 Å². The molecule has 1 aromatic rings. The van der Waals surface area contributed by atoms with Crippen molar-refractivity contribution in [3.63, 3.8) is 0 Å². The van der Waals surface area contributed by atoms with Gasteiger partial charge >= 0.3 is 5.97 Å². The van der Waals surface area contributed by atoms with E-state index in [2.05, 4.69) is 0 Å². The molecule has 0 spiro atoms. The molecule has 0 amide bonds. The van der Waals surface area contributed by atoms with Crippen LogP contribution >= 0.6 is 0 Å². The molecule has 1 aromatic carbocycles. The number of hydrogen-bond donors (Lipinski definition) is 1. The predicted octanol–water partition coefficient (Wildman–Crippen LogP) is 2.64. The lowest BCUT2D eigenvalue weighted by Gasteiger charge is -2.43. The van der Waals surface area contributed by atoms with E-state index in [0.29, 0.717) is 13.0 Å². The van der Waals surface area contributed by atoms with Gasteiger partial charge in [0.15, 0.2) is 0 Å². The molecule has 0 aliphatic carbocycles. The molecular formula is C17H24O4. The Morgan fingerprint density at radius 3 is 2.67 bits per heavy atom. The molecule has 21 heavy (non-hydrogen) atoms. The van der Waals surface area contributed by atoms with E-state index in [1.807, 2.05) is 44.2 Å². The average molecular weight is 292 g/mol. The molecule has 2 rings (SSSR count). The number of carbonyl (C=O) groups excluding carboxylic acids is 1. The van der Waals surface area contributed by atoms with Crippen LogP contribution in [0, 0.1) is 5.92 Å². The van der Waals surface area contributed by atoms with Crippen molar-refractivity contribution < 1.29 is 19.4 Å². The minimum absolute atomic E-state index is 0.0335. The standard InChI is InChI=1S/C17H24O4/c1-16(2)11-14(9-10-21-16)17(19,12-15(18)20-3)13-7-5-4-6-8-13/h4-8,14,19H,9-12H2,1-3H3/t14-,17+/m1/s1. The van der Waals surface area contributed by atoms with E-state index in [1.165, 1.54) is 7.11 Å². The summed E-state index contributed by atoms with van der Waals surface area (Å²) in [5, 5.41) is 11.3. The van der Waals surface area contributed by atoms with Crippen LogP contribution in [0.2, 0.25) is 0 Å². The van der Waals surface area contributed by atoms with Gasteiger partial charge < -0.3 is 14.6 Å². The number of methoxy groups -OCH3 is 1. The van der Waals surface area contributed by atoms with E-state index < -0.39 is 11.6 Å². The van der Waals surface area contributed by atoms with Crippen molar-refractivity contribution in [3.05, 3.63) is 35.9 Å². The number of hydrogen-bond acceptors (Lipinski definition) is 4. The third-order valence-electron chi connectivity index (χ3n) is 4.29. The van der Waals surface area contributed by atoms with E-state index in [-0.39, 0.29) is 17.9 Å². The van der Waals surface area contributed by atoms with E-state index in [0.717, 1.165) is 12.0 Å². The van der Waals surface area contributed by atoms with Gasteiger partial charge in [0, 0.05) is 6.61 Å². The number of carbonyl (C=O) groups is 1. The van der Waals surface area contributed by atoms with Crippen LogP contribution in [-0.4, -0.2) is 30.4 Å². The van der Waals surface area contributed by atoms with Gasteiger partial charge in [-0.15, -0.1) is 0 Å². The smallest absolute Gasteiger partial charge is 0.308 e. The highest BCUT2D eigenvalue weighted by Crippen LogP contribution is 2.43. The molecule has 1 aliphatic heterocycles. The van der Waals surface area contributed by atoms with Crippen molar-refractivity contribution in [2.45, 2.75) is 44.3 Å². The van der Waals surface area contributed by atoms with Gasteiger partial charge in [-0.2, -0.15) is 0 Å². The molecule has 1 saturated heterocycles. The van der Waals surface area contributed by atoms with E-state index in [1.54, 1.807) is 0 Å². The average Bonchev–Trinajstić information content (AvgIpc) is 2.47. The Labute approximate surface area is 126 Å². The van der Waals surface area contributed by atoms with Gasteiger partial charge in [0.1, 0.15) is 5.60 Å². The van der Waals surface area contributed by atoms with Gasteiger partial charge in [0.05, 0.1) is 19.1 Å². The molecule has 4 nitrogen and oxygen atoms in total. The Morgan fingerprint density at radius 1 is 1.43 bits per heavy atom. The van der Waals surface area contributed by atoms with Crippen LogP contribution in [0.1, 0.15) is 38.7 Å². The molecule has 0 unspecified atom stereocenters. The zero-order valence-corrected chi connectivity index (χ0v) is 13.0. The first kappa shape index (κ1) is 16.0. The Balaban J connectivity index is 2.34. The second-order valence-corrected chi connectivity index (χ2v) is 6.34. The minimum atomic E-state index is -1.21. The van der Waals surface area contributed by atoms with Crippen molar-refractivity contribution in [3.8, 4) is 0 Å². The quantitative estimate of drug-likeness (QED) is 0.867. The van der Waals surface area contributed by atoms with Crippen molar-refractivity contribution in [1.82, 2.24) is 0 Å². The number of rotatable bonds is 4. The fourth-order valence-electron chi connectivity index (χ4n) is 3.14. The van der Waals surface area contributed by atoms with Crippen LogP contribution in [-0.2, 0) is 19.9 Å².